The highest BCUT2D eigenvalue weighted by Gasteiger charge is 2.18. The molecule has 1 aliphatic carbocycles. The minimum atomic E-state index is -0.143. The van der Waals surface area contributed by atoms with Gasteiger partial charge in [-0.2, -0.15) is 0 Å². The molecule has 0 bridgehead atoms. The van der Waals surface area contributed by atoms with E-state index in [-0.39, 0.29) is 11.9 Å². The highest BCUT2D eigenvalue weighted by atomic mass is 16.1. The summed E-state index contributed by atoms with van der Waals surface area (Å²) in [6.07, 6.45) is 9.32. The second kappa shape index (κ2) is 6.98. The number of nitrogens with one attached hydrogen (secondary N) is 2. The van der Waals surface area contributed by atoms with Gasteiger partial charge in [0.1, 0.15) is 11.5 Å². The van der Waals surface area contributed by atoms with Crippen molar-refractivity contribution in [2.24, 2.45) is 0 Å². The number of pyridine rings is 1. The van der Waals surface area contributed by atoms with Gasteiger partial charge in [0.2, 0.25) is 0 Å². The average Bonchev–Trinajstić information content (AvgIpc) is 3.07. The van der Waals surface area contributed by atoms with E-state index in [0.717, 1.165) is 18.5 Å². The Balaban J connectivity index is 1.54. The SMILES string of the molecule is O=C(NC1CCCC1)c1cnc(NCc2ccccn2)cn1. The lowest BCUT2D eigenvalue weighted by Gasteiger charge is -2.11. The quantitative estimate of drug-likeness (QED) is 0.884. The Bertz CT molecular complexity index is 608. The van der Waals surface area contributed by atoms with Gasteiger partial charge in [-0.15, -0.1) is 0 Å². The molecule has 2 aromatic rings. The maximum absolute atomic E-state index is 12.0. The zero-order valence-corrected chi connectivity index (χ0v) is 12.3. The first-order valence-electron chi connectivity index (χ1n) is 7.58. The van der Waals surface area contributed by atoms with Crippen LogP contribution in [0.15, 0.2) is 36.8 Å². The standard InChI is InChI=1S/C16H19N5O/c22-16(21-12-5-1-2-6-12)14-10-20-15(11-18-14)19-9-13-7-3-4-8-17-13/h3-4,7-8,10-12H,1-2,5-6,9H2,(H,19,20)(H,21,22). The predicted molar refractivity (Wildman–Crippen MR) is 83.3 cm³/mol. The number of rotatable bonds is 5. The van der Waals surface area contributed by atoms with Crippen LogP contribution in [0.1, 0.15) is 41.9 Å². The third-order valence-electron chi connectivity index (χ3n) is 3.75. The average molecular weight is 297 g/mol. The molecule has 1 saturated carbocycles. The van der Waals surface area contributed by atoms with Crippen molar-refractivity contribution >= 4 is 11.7 Å². The Kier molecular flexibility index (Phi) is 4.58. The van der Waals surface area contributed by atoms with Crippen molar-refractivity contribution in [1.29, 1.82) is 0 Å². The molecule has 0 saturated heterocycles. The van der Waals surface area contributed by atoms with Crippen molar-refractivity contribution in [3.05, 3.63) is 48.2 Å². The third kappa shape index (κ3) is 3.78. The molecule has 0 aromatic carbocycles. The van der Waals surface area contributed by atoms with Gasteiger partial charge >= 0.3 is 0 Å². The molecule has 1 amide bonds. The van der Waals surface area contributed by atoms with E-state index in [2.05, 4.69) is 25.6 Å². The first kappa shape index (κ1) is 14.4. The molecular weight excluding hydrogens is 278 g/mol. The Labute approximate surface area is 129 Å². The minimum Gasteiger partial charge on any atom is -0.363 e. The van der Waals surface area contributed by atoms with E-state index in [9.17, 15) is 4.79 Å². The minimum absolute atomic E-state index is 0.143. The second-order valence-electron chi connectivity index (χ2n) is 5.42. The van der Waals surface area contributed by atoms with Gasteiger partial charge in [0, 0.05) is 12.2 Å². The molecule has 2 N–H and O–H groups in total. The van der Waals surface area contributed by atoms with E-state index in [1.54, 1.807) is 12.4 Å². The van der Waals surface area contributed by atoms with E-state index < -0.39 is 0 Å². The summed E-state index contributed by atoms with van der Waals surface area (Å²) in [6, 6.07) is 6.04. The highest BCUT2D eigenvalue weighted by molar-refractivity contribution is 5.92. The number of carbonyl (C=O) groups is 1. The normalized spacial score (nSPS) is 14.7. The summed E-state index contributed by atoms with van der Waals surface area (Å²) < 4.78 is 0. The molecular formula is C16H19N5O. The molecule has 114 valence electrons. The predicted octanol–water partition coefficient (Wildman–Crippen LogP) is 2.16. The Hall–Kier alpha value is -2.50. The number of carbonyl (C=O) groups excluding carboxylic acids is 1. The topological polar surface area (TPSA) is 79.8 Å². The fourth-order valence-corrected chi connectivity index (χ4v) is 2.55. The van der Waals surface area contributed by atoms with Crippen molar-refractivity contribution in [1.82, 2.24) is 20.3 Å². The molecule has 0 spiro atoms. The molecule has 6 nitrogen and oxygen atoms in total. The number of nitrogens with zero attached hydrogens (tertiary/aromatic N) is 3. The van der Waals surface area contributed by atoms with Crippen LogP contribution in [0, 0.1) is 0 Å². The smallest absolute Gasteiger partial charge is 0.271 e. The lowest BCUT2D eigenvalue weighted by atomic mass is 10.2. The summed E-state index contributed by atoms with van der Waals surface area (Å²) in [5, 5.41) is 6.13. The van der Waals surface area contributed by atoms with Crippen LogP contribution in [0.4, 0.5) is 5.82 Å². The van der Waals surface area contributed by atoms with Crippen LogP contribution < -0.4 is 10.6 Å². The highest BCUT2D eigenvalue weighted by Crippen LogP contribution is 2.17. The fourth-order valence-electron chi connectivity index (χ4n) is 2.55. The van der Waals surface area contributed by atoms with Crippen molar-refractivity contribution in [3.63, 3.8) is 0 Å². The molecule has 22 heavy (non-hydrogen) atoms. The summed E-state index contributed by atoms with van der Waals surface area (Å²) in [5.41, 5.74) is 1.28. The van der Waals surface area contributed by atoms with Crippen LogP contribution in [-0.4, -0.2) is 26.9 Å². The van der Waals surface area contributed by atoms with E-state index in [0.29, 0.717) is 18.1 Å². The molecule has 2 aromatic heterocycles. The maximum atomic E-state index is 12.0. The van der Waals surface area contributed by atoms with Crippen molar-refractivity contribution in [3.8, 4) is 0 Å². The Morgan fingerprint density at radius 3 is 2.68 bits per heavy atom. The fraction of sp³-hybridized carbons (Fsp3) is 0.375. The van der Waals surface area contributed by atoms with Crippen LogP contribution in [-0.2, 0) is 6.54 Å². The largest absolute Gasteiger partial charge is 0.363 e. The van der Waals surface area contributed by atoms with Crippen LogP contribution in [0.5, 0.6) is 0 Å². The second-order valence-corrected chi connectivity index (χ2v) is 5.42. The molecule has 0 atom stereocenters. The molecule has 0 unspecified atom stereocenters. The lowest BCUT2D eigenvalue weighted by molar-refractivity contribution is 0.0932. The van der Waals surface area contributed by atoms with Crippen molar-refractivity contribution in [2.75, 3.05) is 5.32 Å². The first-order valence-corrected chi connectivity index (χ1v) is 7.58. The molecule has 2 heterocycles. The molecule has 6 heteroatoms. The lowest BCUT2D eigenvalue weighted by Crippen LogP contribution is -2.33. The van der Waals surface area contributed by atoms with Gasteiger partial charge < -0.3 is 10.6 Å². The van der Waals surface area contributed by atoms with Gasteiger partial charge in [0.25, 0.3) is 5.91 Å². The molecule has 0 aliphatic heterocycles. The summed E-state index contributed by atoms with van der Waals surface area (Å²) in [5.74, 6) is 0.485. The van der Waals surface area contributed by atoms with Crippen LogP contribution in [0.3, 0.4) is 0 Å². The summed E-state index contributed by atoms with van der Waals surface area (Å²) in [4.78, 5) is 24.7. The first-order chi connectivity index (χ1) is 10.8. The third-order valence-corrected chi connectivity index (χ3v) is 3.75. The van der Waals surface area contributed by atoms with E-state index >= 15 is 0 Å². The molecule has 1 aliphatic rings. The van der Waals surface area contributed by atoms with Gasteiger partial charge in [-0.05, 0) is 25.0 Å². The van der Waals surface area contributed by atoms with E-state index in [1.807, 2.05) is 18.2 Å². The zero-order chi connectivity index (χ0) is 15.2. The summed E-state index contributed by atoms with van der Waals surface area (Å²) >= 11 is 0. The summed E-state index contributed by atoms with van der Waals surface area (Å²) in [7, 11) is 0. The van der Waals surface area contributed by atoms with E-state index in [4.69, 9.17) is 0 Å². The molecule has 3 rings (SSSR count). The van der Waals surface area contributed by atoms with Gasteiger partial charge in [-0.3, -0.25) is 9.78 Å². The maximum Gasteiger partial charge on any atom is 0.271 e. The number of anilines is 1. The van der Waals surface area contributed by atoms with Crippen molar-refractivity contribution in [2.45, 2.75) is 38.3 Å². The van der Waals surface area contributed by atoms with Gasteiger partial charge in [-0.1, -0.05) is 18.9 Å². The van der Waals surface area contributed by atoms with Crippen molar-refractivity contribution < 1.29 is 4.79 Å². The molecule has 1 fully saturated rings. The summed E-state index contributed by atoms with van der Waals surface area (Å²) in [6.45, 7) is 0.573. The van der Waals surface area contributed by atoms with Crippen LogP contribution >= 0.6 is 0 Å². The number of aromatic nitrogens is 3. The van der Waals surface area contributed by atoms with E-state index in [1.165, 1.54) is 19.0 Å². The number of amides is 1. The van der Waals surface area contributed by atoms with Crippen LogP contribution in [0.25, 0.3) is 0 Å². The molecule has 0 radical (unpaired) electrons. The number of hydrogen-bond donors (Lipinski definition) is 2. The zero-order valence-electron chi connectivity index (χ0n) is 12.3. The monoisotopic (exact) mass is 297 g/mol. The van der Waals surface area contributed by atoms with Gasteiger partial charge in [0.05, 0.1) is 24.6 Å². The Morgan fingerprint density at radius 1 is 1.14 bits per heavy atom. The van der Waals surface area contributed by atoms with Gasteiger partial charge in [-0.25, -0.2) is 9.97 Å². The van der Waals surface area contributed by atoms with Gasteiger partial charge in [0.15, 0.2) is 0 Å². The van der Waals surface area contributed by atoms with Crippen LogP contribution in [0.2, 0.25) is 0 Å². The number of hydrogen-bond acceptors (Lipinski definition) is 5. The Morgan fingerprint density at radius 2 is 2.00 bits per heavy atom.